The van der Waals surface area contributed by atoms with Gasteiger partial charge in [-0.15, -0.1) is 25.3 Å². The molecule has 6 heteroatoms. The second kappa shape index (κ2) is 10.2. The van der Waals surface area contributed by atoms with Gasteiger partial charge in [0.1, 0.15) is 0 Å². The fourth-order valence-electron chi connectivity index (χ4n) is 2.22. The van der Waals surface area contributed by atoms with Crippen molar-refractivity contribution in [1.82, 2.24) is 0 Å². The lowest BCUT2D eigenvalue weighted by Gasteiger charge is -2.24. The Morgan fingerprint density at radius 1 is 0.885 bits per heavy atom. The molecule has 138 valence electrons. The minimum atomic E-state index is -0.856. The van der Waals surface area contributed by atoms with Crippen LogP contribution in [0.4, 0.5) is 0 Å². The van der Waals surface area contributed by atoms with E-state index in [0.29, 0.717) is 23.3 Å². The Morgan fingerprint density at radius 3 is 1.88 bits per heavy atom. The zero-order valence-electron chi connectivity index (χ0n) is 14.9. The van der Waals surface area contributed by atoms with Crippen molar-refractivity contribution in [2.75, 3.05) is 6.61 Å². The van der Waals surface area contributed by atoms with Crippen molar-refractivity contribution in [3.8, 4) is 0 Å². The SMILES string of the molecule is CCOC(=O)C(C)(C)c1ccccc1C(=O)S.O=C(S)c1ccccc1. The molecule has 0 heterocycles. The lowest BCUT2D eigenvalue weighted by Crippen LogP contribution is -2.32. The van der Waals surface area contributed by atoms with E-state index < -0.39 is 5.41 Å². The highest BCUT2D eigenvalue weighted by Gasteiger charge is 2.34. The van der Waals surface area contributed by atoms with Crippen LogP contribution in [0.25, 0.3) is 0 Å². The van der Waals surface area contributed by atoms with Crippen LogP contribution in [0.2, 0.25) is 0 Å². The van der Waals surface area contributed by atoms with Crippen LogP contribution >= 0.6 is 25.3 Å². The highest BCUT2D eigenvalue weighted by Crippen LogP contribution is 2.28. The summed E-state index contributed by atoms with van der Waals surface area (Å²) in [5, 5.41) is -0.534. The number of hydrogen-bond donors (Lipinski definition) is 2. The van der Waals surface area contributed by atoms with Gasteiger partial charge in [-0.3, -0.25) is 14.4 Å². The first-order valence-corrected chi connectivity index (χ1v) is 8.89. The molecule has 0 radical (unpaired) electrons. The molecule has 0 saturated carbocycles. The van der Waals surface area contributed by atoms with Crippen molar-refractivity contribution in [3.63, 3.8) is 0 Å². The maximum absolute atomic E-state index is 11.9. The minimum Gasteiger partial charge on any atom is -0.465 e. The average Bonchev–Trinajstić information content (AvgIpc) is 2.63. The summed E-state index contributed by atoms with van der Waals surface area (Å²) >= 11 is 7.47. The predicted octanol–water partition coefficient (Wildman–Crippen LogP) is 4.35. The third-order valence-electron chi connectivity index (χ3n) is 3.64. The van der Waals surface area contributed by atoms with Crippen LogP contribution in [0.5, 0.6) is 0 Å². The molecule has 0 aromatic heterocycles. The molecule has 0 atom stereocenters. The zero-order chi connectivity index (χ0) is 19.7. The fraction of sp³-hybridized carbons (Fsp3) is 0.250. The maximum atomic E-state index is 11.9. The summed E-state index contributed by atoms with van der Waals surface area (Å²) in [6.45, 7) is 5.55. The van der Waals surface area contributed by atoms with Crippen molar-refractivity contribution in [1.29, 1.82) is 0 Å². The lowest BCUT2D eigenvalue weighted by atomic mass is 9.82. The van der Waals surface area contributed by atoms with Gasteiger partial charge in [-0.25, -0.2) is 0 Å². The number of thiol groups is 2. The highest BCUT2D eigenvalue weighted by molar-refractivity contribution is 7.97. The van der Waals surface area contributed by atoms with Crippen LogP contribution in [0.15, 0.2) is 54.6 Å². The molecule has 2 rings (SSSR count). The van der Waals surface area contributed by atoms with E-state index in [-0.39, 0.29) is 16.2 Å². The van der Waals surface area contributed by atoms with Crippen molar-refractivity contribution in [2.45, 2.75) is 26.2 Å². The standard InChI is InChI=1S/C13H16O3S.C7H6OS/c1-4-16-12(15)13(2,3)10-8-6-5-7-9(10)11(14)17;8-7(9)6-4-2-1-3-5-6/h5-8H,4H2,1-3H3,(H,14,17);1-5H,(H,8,9). The van der Waals surface area contributed by atoms with Crippen LogP contribution in [-0.2, 0) is 14.9 Å². The normalized spacial score (nSPS) is 10.3. The fourth-order valence-corrected chi connectivity index (χ4v) is 2.56. The predicted molar refractivity (Wildman–Crippen MR) is 109 cm³/mol. The molecule has 26 heavy (non-hydrogen) atoms. The van der Waals surface area contributed by atoms with Gasteiger partial charge in [0.2, 0.25) is 10.2 Å². The molecule has 4 nitrogen and oxygen atoms in total. The van der Waals surface area contributed by atoms with Gasteiger partial charge >= 0.3 is 5.97 Å². The molecule has 0 aliphatic heterocycles. The molecule has 0 fully saturated rings. The van der Waals surface area contributed by atoms with E-state index in [4.69, 9.17) is 4.74 Å². The summed E-state index contributed by atoms with van der Waals surface area (Å²) in [7, 11) is 0. The van der Waals surface area contributed by atoms with Gasteiger partial charge < -0.3 is 4.74 Å². The number of ether oxygens (including phenoxy) is 1. The van der Waals surface area contributed by atoms with Gasteiger partial charge in [-0.2, -0.15) is 0 Å². The molecule has 0 aliphatic rings. The maximum Gasteiger partial charge on any atom is 0.315 e. The molecule has 0 unspecified atom stereocenters. The number of hydrogen-bond acceptors (Lipinski definition) is 4. The van der Waals surface area contributed by atoms with Crippen molar-refractivity contribution in [3.05, 3.63) is 71.3 Å². The summed E-state index contributed by atoms with van der Waals surface area (Å²) in [6.07, 6.45) is 0. The highest BCUT2D eigenvalue weighted by atomic mass is 32.1. The molecule has 0 N–H and O–H groups in total. The van der Waals surface area contributed by atoms with Gasteiger partial charge in [-0.1, -0.05) is 54.6 Å². The van der Waals surface area contributed by atoms with E-state index >= 15 is 0 Å². The Morgan fingerprint density at radius 2 is 1.42 bits per heavy atom. The molecule has 0 saturated heterocycles. The van der Waals surface area contributed by atoms with E-state index in [1.165, 1.54) is 0 Å². The zero-order valence-corrected chi connectivity index (χ0v) is 16.7. The lowest BCUT2D eigenvalue weighted by molar-refractivity contribution is -0.148. The topological polar surface area (TPSA) is 60.4 Å². The van der Waals surface area contributed by atoms with Gasteiger partial charge in [0.15, 0.2) is 0 Å². The molecule has 2 aromatic rings. The molecule has 0 bridgehead atoms. The Labute approximate surface area is 164 Å². The number of benzene rings is 2. The summed E-state index contributed by atoms with van der Waals surface area (Å²) in [4.78, 5) is 33.8. The Balaban J connectivity index is 0.000000314. The van der Waals surface area contributed by atoms with Gasteiger partial charge in [0, 0.05) is 11.1 Å². The third kappa shape index (κ3) is 6.04. The summed E-state index contributed by atoms with van der Waals surface area (Å²) in [6, 6.07) is 15.9. The quantitative estimate of drug-likeness (QED) is 0.588. The molecule has 0 aliphatic carbocycles. The Hall–Kier alpha value is -2.05. The third-order valence-corrected chi connectivity index (χ3v) is 4.14. The van der Waals surface area contributed by atoms with Crippen molar-refractivity contribution in [2.24, 2.45) is 0 Å². The van der Waals surface area contributed by atoms with Crippen LogP contribution in [-0.4, -0.2) is 22.8 Å². The summed E-state index contributed by atoms with van der Waals surface area (Å²) < 4.78 is 5.02. The Kier molecular flexibility index (Phi) is 8.61. The van der Waals surface area contributed by atoms with Crippen molar-refractivity contribution < 1.29 is 19.1 Å². The van der Waals surface area contributed by atoms with Crippen LogP contribution in [0.1, 0.15) is 47.1 Å². The van der Waals surface area contributed by atoms with Gasteiger partial charge in [0.25, 0.3) is 0 Å². The van der Waals surface area contributed by atoms with E-state index in [9.17, 15) is 14.4 Å². The number of carbonyl (C=O) groups excluding carboxylic acids is 3. The van der Waals surface area contributed by atoms with Crippen LogP contribution in [0, 0.1) is 0 Å². The first kappa shape index (κ1) is 22.0. The van der Waals surface area contributed by atoms with Crippen LogP contribution in [0.3, 0.4) is 0 Å². The van der Waals surface area contributed by atoms with E-state index in [1.807, 2.05) is 18.2 Å². The second-order valence-corrected chi connectivity index (χ2v) is 6.68. The first-order chi connectivity index (χ1) is 12.2. The molecule has 0 amide bonds. The van der Waals surface area contributed by atoms with Crippen LogP contribution < -0.4 is 0 Å². The smallest absolute Gasteiger partial charge is 0.315 e. The average molecular weight is 391 g/mol. The monoisotopic (exact) mass is 390 g/mol. The summed E-state index contributed by atoms with van der Waals surface area (Å²) in [5.41, 5.74) is 0.860. The number of carbonyl (C=O) groups is 3. The van der Waals surface area contributed by atoms with Gasteiger partial charge in [-0.05, 0) is 26.3 Å². The van der Waals surface area contributed by atoms with Crippen molar-refractivity contribution >= 4 is 41.5 Å². The first-order valence-electron chi connectivity index (χ1n) is 8.00. The largest absolute Gasteiger partial charge is 0.465 e. The molecule has 0 spiro atoms. The Bertz CT molecular complexity index is 770. The molecule has 2 aromatic carbocycles. The number of esters is 1. The second-order valence-electron chi connectivity index (χ2n) is 5.87. The number of rotatable bonds is 5. The van der Waals surface area contributed by atoms with E-state index in [1.54, 1.807) is 57.2 Å². The molecular formula is C20H22O4S2. The molecular weight excluding hydrogens is 368 g/mol. The van der Waals surface area contributed by atoms with Gasteiger partial charge in [0.05, 0.1) is 12.0 Å². The minimum absolute atomic E-state index is 0.185. The van der Waals surface area contributed by atoms with E-state index in [2.05, 4.69) is 25.3 Å². The summed E-state index contributed by atoms with van der Waals surface area (Å²) in [5.74, 6) is -0.345. The van der Waals surface area contributed by atoms with E-state index in [0.717, 1.165) is 0 Å².